The molecule has 0 unspecified atom stereocenters. The highest BCUT2D eigenvalue weighted by molar-refractivity contribution is 5.78. The Bertz CT molecular complexity index is 202. The lowest BCUT2D eigenvalue weighted by atomic mass is 10.3. The minimum absolute atomic E-state index is 0.0566. The van der Waals surface area contributed by atoms with Crippen molar-refractivity contribution in [1.82, 2.24) is 9.80 Å². The van der Waals surface area contributed by atoms with E-state index in [1.54, 1.807) is 26.0 Å². The lowest BCUT2D eigenvalue weighted by Gasteiger charge is -2.17. The van der Waals surface area contributed by atoms with E-state index >= 15 is 0 Å². The number of carbonyl (C=O) groups excluding carboxylic acids is 2. The van der Waals surface area contributed by atoms with Gasteiger partial charge in [-0.1, -0.05) is 6.92 Å². The Morgan fingerprint density at radius 2 is 1.57 bits per heavy atom. The molecule has 0 aliphatic rings. The van der Waals surface area contributed by atoms with Crippen LogP contribution in [0.5, 0.6) is 0 Å². The van der Waals surface area contributed by atoms with Gasteiger partial charge in [-0.05, 0) is 6.42 Å². The first-order chi connectivity index (χ1) is 6.49. The van der Waals surface area contributed by atoms with Gasteiger partial charge < -0.3 is 9.80 Å². The summed E-state index contributed by atoms with van der Waals surface area (Å²) in [5.74, 6) is 0.167. The van der Waals surface area contributed by atoms with E-state index in [0.29, 0.717) is 19.4 Å². The van der Waals surface area contributed by atoms with Gasteiger partial charge in [-0.3, -0.25) is 9.59 Å². The van der Waals surface area contributed by atoms with Crippen LogP contribution in [0.4, 0.5) is 0 Å². The van der Waals surface area contributed by atoms with Crippen molar-refractivity contribution in [3.8, 4) is 0 Å². The van der Waals surface area contributed by atoms with Crippen LogP contribution in [0.1, 0.15) is 26.2 Å². The van der Waals surface area contributed by atoms with Gasteiger partial charge >= 0.3 is 0 Å². The van der Waals surface area contributed by atoms with Crippen LogP contribution in [0.25, 0.3) is 0 Å². The number of rotatable bonds is 5. The van der Waals surface area contributed by atoms with E-state index < -0.39 is 0 Å². The van der Waals surface area contributed by atoms with Crippen LogP contribution in [0.2, 0.25) is 0 Å². The van der Waals surface area contributed by atoms with Gasteiger partial charge in [0, 0.05) is 40.5 Å². The van der Waals surface area contributed by atoms with Crippen molar-refractivity contribution in [3.63, 3.8) is 0 Å². The molecule has 0 aliphatic heterocycles. The van der Waals surface area contributed by atoms with Crippen LogP contribution in [0.15, 0.2) is 0 Å². The van der Waals surface area contributed by atoms with Crippen molar-refractivity contribution in [2.45, 2.75) is 26.2 Å². The maximum Gasteiger partial charge on any atom is 0.223 e. The molecule has 0 aromatic rings. The molecular weight excluding hydrogens is 180 g/mol. The Morgan fingerprint density at radius 3 is 2.00 bits per heavy atom. The fourth-order valence-electron chi connectivity index (χ4n) is 1.02. The van der Waals surface area contributed by atoms with E-state index in [2.05, 4.69) is 0 Å². The molecule has 0 saturated carbocycles. The molecule has 0 bridgehead atoms. The van der Waals surface area contributed by atoms with Crippen LogP contribution < -0.4 is 0 Å². The molecule has 0 aromatic heterocycles. The summed E-state index contributed by atoms with van der Waals surface area (Å²) >= 11 is 0. The minimum atomic E-state index is 0.0566. The molecule has 82 valence electrons. The van der Waals surface area contributed by atoms with Crippen molar-refractivity contribution in [3.05, 3.63) is 0 Å². The maximum absolute atomic E-state index is 11.3. The summed E-state index contributed by atoms with van der Waals surface area (Å²) < 4.78 is 0. The SMILES string of the molecule is CCCC(=O)N(C)CCC(=O)N(C)C. The Kier molecular flexibility index (Phi) is 5.92. The molecule has 0 radical (unpaired) electrons. The van der Waals surface area contributed by atoms with Gasteiger partial charge in [-0.25, -0.2) is 0 Å². The van der Waals surface area contributed by atoms with Gasteiger partial charge in [0.15, 0.2) is 0 Å². The van der Waals surface area contributed by atoms with E-state index in [1.807, 2.05) is 6.92 Å². The van der Waals surface area contributed by atoms with E-state index in [-0.39, 0.29) is 11.8 Å². The van der Waals surface area contributed by atoms with Crippen molar-refractivity contribution in [2.75, 3.05) is 27.7 Å². The third-order valence-corrected chi connectivity index (χ3v) is 2.05. The topological polar surface area (TPSA) is 40.6 Å². The summed E-state index contributed by atoms with van der Waals surface area (Å²) in [4.78, 5) is 25.7. The van der Waals surface area contributed by atoms with E-state index in [0.717, 1.165) is 6.42 Å². The second-order valence-electron chi connectivity index (χ2n) is 3.60. The lowest BCUT2D eigenvalue weighted by molar-refractivity contribution is -0.132. The zero-order chi connectivity index (χ0) is 11.1. The first-order valence-corrected chi connectivity index (χ1v) is 4.93. The molecule has 0 saturated heterocycles. The number of hydrogen-bond donors (Lipinski definition) is 0. The van der Waals surface area contributed by atoms with Crippen LogP contribution in [0.3, 0.4) is 0 Å². The molecule has 4 heteroatoms. The standard InChI is InChI=1S/C10H20N2O2/c1-5-6-10(14)12(4)8-7-9(13)11(2)3/h5-8H2,1-4H3. The monoisotopic (exact) mass is 200 g/mol. The quantitative estimate of drug-likeness (QED) is 0.656. The van der Waals surface area contributed by atoms with Crippen molar-refractivity contribution >= 4 is 11.8 Å². The number of nitrogens with zero attached hydrogens (tertiary/aromatic N) is 2. The molecular formula is C10H20N2O2. The van der Waals surface area contributed by atoms with Crippen molar-refractivity contribution in [2.24, 2.45) is 0 Å². The molecule has 0 fully saturated rings. The Morgan fingerprint density at radius 1 is 1.00 bits per heavy atom. The Balaban J connectivity index is 3.78. The molecule has 0 spiro atoms. The Hall–Kier alpha value is -1.06. The summed E-state index contributed by atoms with van der Waals surface area (Å²) in [5, 5.41) is 0. The van der Waals surface area contributed by atoms with Gasteiger partial charge in [-0.2, -0.15) is 0 Å². The van der Waals surface area contributed by atoms with Gasteiger partial charge in [0.2, 0.25) is 11.8 Å². The molecule has 0 heterocycles. The van der Waals surface area contributed by atoms with Gasteiger partial charge in [0.25, 0.3) is 0 Å². The molecule has 2 amide bonds. The molecule has 14 heavy (non-hydrogen) atoms. The highest BCUT2D eigenvalue weighted by atomic mass is 16.2. The fourth-order valence-corrected chi connectivity index (χ4v) is 1.02. The maximum atomic E-state index is 11.3. The highest BCUT2D eigenvalue weighted by Crippen LogP contribution is 1.97. The predicted molar refractivity (Wildman–Crippen MR) is 55.9 cm³/mol. The second-order valence-corrected chi connectivity index (χ2v) is 3.60. The average Bonchev–Trinajstić information content (AvgIpc) is 2.13. The van der Waals surface area contributed by atoms with Crippen molar-refractivity contribution < 1.29 is 9.59 Å². The summed E-state index contributed by atoms with van der Waals surface area (Å²) in [7, 11) is 5.17. The number of hydrogen-bond acceptors (Lipinski definition) is 2. The highest BCUT2D eigenvalue weighted by Gasteiger charge is 2.10. The van der Waals surface area contributed by atoms with E-state index in [9.17, 15) is 9.59 Å². The number of amides is 2. The zero-order valence-corrected chi connectivity index (χ0v) is 9.54. The molecule has 0 N–H and O–H groups in total. The third-order valence-electron chi connectivity index (χ3n) is 2.05. The molecule has 0 aromatic carbocycles. The summed E-state index contributed by atoms with van der Waals surface area (Å²) in [6.07, 6.45) is 1.82. The fraction of sp³-hybridized carbons (Fsp3) is 0.800. The third kappa shape index (κ3) is 4.84. The van der Waals surface area contributed by atoms with Crippen LogP contribution in [0, 0.1) is 0 Å². The first kappa shape index (κ1) is 12.9. The van der Waals surface area contributed by atoms with Gasteiger partial charge in [-0.15, -0.1) is 0 Å². The average molecular weight is 200 g/mol. The smallest absolute Gasteiger partial charge is 0.223 e. The lowest BCUT2D eigenvalue weighted by Crippen LogP contribution is -2.31. The van der Waals surface area contributed by atoms with Crippen molar-refractivity contribution in [1.29, 1.82) is 0 Å². The summed E-state index contributed by atoms with van der Waals surface area (Å²) in [5.41, 5.74) is 0. The van der Waals surface area contributed by atoms with Crippen LogP contribution in [-0.4, -0.2) is 49.3 Å². The molecule has 0 rings (SSSR count). The van der Waals surface area contributed by atoms with E-state index in [4.69, 9.17) is 0 Å². The number of carbonyl (C=O) groups is 2. The van der Waals surface area contributed by atoms with Gasteiger partial charge in [0.1, 0.15) is 0 Å². The summed E-state index contributed by atoms with van der Waals surface area (Å²) in [6.45, 7) is 2.48. The normalized spacial score (nSPS) is 9.71. The first-order valence-electron chi connectivity index (χ1n) is 4.93. The zero-order valence-electron chi connectivity index (χ0n) is 9.54. The molecule has 0 atom stereocenters. The summed E-state index contributed by atoms with van der Waals surface area (Å²) in [6, 6.07) is 0. The largest absolute Gasteiger partial charge is 0.349 e. The molecule has 4 nitrogen and oxygen atoms in total. The van der Waals surface area contributed by atoms with Gasteiger partial charge in [0.05, 0.1) is 0 Å². The second kappa shape index (κ2) is 6.40. The Labute approximate surface area is 85.9 Å². The van der Waals surface area contributed by atoms with Crippen LogP contribution >= 0.6 is 0 Å². The predicted octanol–water partition coefficient (Wildman–Crippen LogP) is 0.723. The van der Waals surface area contributed by atoms with E-state index in [1.165, 1.54) is 4.90 Å². The molecule has 0 aliphatic carbocycles. The van der Waals surface area contributed by atoms with Crippen LogP contribution in [-0.2, 0) is 9.59 Å². The minimum Gasteiger partial charge on any atom is -0.349 e.